The van der Waals surface area contributed by atoms with Crippen LogP contribution in [-0.4, -0.2) is 50.6 Å². The number of rotatable bonds is 4. The molecule has 6 nitrogen and oxygen atoms in total. The summed E-state index contributed by atoms with van der Waals surface area (Å²) in [4.78, 5) is 13.5. The zero-order chi connectivity index (χ0) is 14.8. The van der Waals surface area contributed by atoms with E-state index < -0.39 is 5.97 Å². The molecule has 0 unspecified atom stereocenters. The largest absolute Gasteiger partial charge is 0.478 e. The molecular formula is C15H20N4O2. The Kier molecular flexibility index (Phi) is 3.88. The van der Waals surface area contributed by atoms with Crippen LogP contribution in [0.2, 0.25) is 0 Å². The number of carboxylic acids is 1. The Balaban J connectivity index is 1.80. The number of aromatic carboxylic acids is 1. The fraction of sp³-hybridized carbons (Fsp3) is 0.533. The first kappa shape index (κ1) is 14.0. The van der Waals surface area contributed by atoms with Crippen LogP contribution in [0.5, 0.6) is 0 Å². The van der Waals surface area contributed by atoms with E-state index in [1.807, 2.05) is 10.7 Å². The van der Waals surface area contributed by atoms with Gasteiger partial charge in [0.25, 0.3) is 0 Å². The summed E-state index contributed by atoms with van der Waals surface area (Å²) in [5, 5.41) is 17.4. The van der Waals surface area contributed by atoms with Crippen molar-refractivity contribution in [3.05, 3.63) is 23.8 Å². The zero-order valence-electron chi connectivity index (χ0n) is 12.2. The van der Waals surface area contributed by atoms with Crippen molar-refractivity contribution in [3.63, 3.8) is 0 Å². The number of benzene rings is 1. The van der Waals surface area contributed by atoms with Gasteiger partial charge >= 0.3 is 5.97 Å². The van der Waals surface area contributed by atoms with Crippen molar-refractivity contribution < 1.29 is 9.90 Å². The van der Waals surface area contributed by atoms with Crippen LogP contribution in [0.4, 0.5) is 0 Å². The van der Waals surface area contributed by atoms with Crippen molar-refractivity contribution in [1.82, 2.24) is 19.9 Å². The van der Waals surface area contributed by atoms with Gasteiger partial charge < -0.3 is 10.0 Å². The third-order valence-corrected chi connectivity index (χ3v) is 4.16. The Bertz CT molecular complexity index is 644. The van der Waals surface area contributed by atoms with Gasteiger partial charge in [-0.2, -0.15) is 0 Å². The van der Waals surface area contributed by atoms with E-state index in [2.05, 4.69) is 22.1 Å². The van der Waals surface area contributed by atoms with Gasteiger partial charge in [-0.3, -0.25) is 0 Å². The number of hydrogen-bond acceptors (Lipinski definition) is 4. The maximum absolute atomic E-state index is 11.0. The highest BCUT2D eigenvalue weighted by Crippen LogP contribution is 2.25. The van der Waals surface area contributed by atoms with Crippen LogP contribution in [0.15, 0.2) is 18.2 Å². The summed E-state index contributed by atoms with van der Waals surface area (Å²) in [5.74, 6) is -0.931. The van der Waals surface area contributed by atoms with Gasteiger partial charge in [0.1, 0.15) is 5.52 Å². The van der Waals surface area contributed by atoms with E-state index in [-0.39, 0.29) is 5.56 Å². The van der Waals surface area contributed by atoms with E-state index in [4.69, 9.17) is 5.11 Å². The summed E-state index contributed by atoms with van der Waals surface area (Å²) in [7, 11) is 0. The maximum Gasteiger partial charge on any atom is 0.335 e. The van der Waals surface area contributed by atoms with Crippen molar-refractivity contribution in [3.8, 4) is 0 Å². The van der Waals surface area contributed by atoms with Crippen molar-refractivity contribution in [2.24, 2.45) is 0 Å². The van der Waals surface area contributed by atoms with E-state index in [0.29, 0.717) is 11.6 Å². The van der Waals surface area contributed by atoms with E-state index in [9.17, 15) is 4.79 Å². The van der Waals surface area contributed by atoms with Crippen molar-refractivity contribution in [1.29, 1.82) is 0 Å². The van der Waals surface area contributed by atoms with Gasteiger partial charge in [-0.05, 0) is 44.0 Å². The van der Waals surface area contributed by atoms with Crippen LogP contribution >= 0.6 is 0 Å². The normalized spacial score (nSPS) is 17.4. The highest BCUT2D eigenvalue weighted by molar-refractivity contribution is 5.92. The summed E-state index contributed by atoms with van der Waals surface area (Å²) in [5.41, 5.74) is 1.84. The molecule has 1 aliphatic rings. The lowest BCUT2D eigenvalue weighted by Gasteiger charge is -2.31. The van der Waals surface area contributed by atoms with Crippen molar-refractivity contribution in [2.45, 2.75) is 32.2 Å². The molecule has 2 heterocycles. The summed E-state index contributed by atoms with van der Waals surface area (Å²) in [6.45, 7) is 5.55. The number of nitrogens with zero attached hydrogens (tertiary/aromatic N) is 4. The second-order valence-corrected chi connectivity index (χ2v) is 5.62. The monoisotopic (exact) mass is 288 g/mol. The van der Waals surface area contributed by atoms with Gasteiger partial charge in [0.15, 0.2) is 0 Å². The predicted molar refractivity (Wildman–Crippen MR) is 79.5 cm³/mol. The van der Waals surface area contributed by atoms with Crippen LogP contribution in [0.1, 0.15) is 42.6 Å². The quantitative estimate of drug-likeness (QED) is 0.933. The molecule has 21 heavy (non-hydrogen) atoms. The number of likely N-dealkylation sites (tertiary alicyclic amines) is 1. The smallest absolute Gasteiger partial charge is 0.335 e. The summed E-state index contributed by atoms with van der Waals surface area (Å²) in [6, 6.07) is 5.39. The Hall–Kier alpha value is -1.95. The fourth-order valence-corrected chi connectivity index (χ4v) is 3.05. The SMILES string of the molecule is CCCN1CCC(n2nnc3cc(C(=O)O)ccc32)CC1. The second-order valence-electron chi connectivity index (χ2n) is 5.62. The van der Waals surface area contributed by atoms with Crippen molar-refractivity contribution in [2.75, 3.05) is 19.6 Å². The van der Waals surface area contributed by atoms with Gasteiger partial charge in [0, 0.05) is 13.1 Å². The minimum Gasteiger partial charge on any atom is -0.478 e. The van der Waals surface area contributed by atoms with Crippen LogP contribution in [0, 0.1) is 0 Å². The predicted octanol–water partition coefficient (Wildman–Crippen LogP) is 2.18. The molecule has 2 aromatic rings. The molecule has 1 aromatic heterocycles. The molecule has 3 rings (SSSR count). The van der Waals surface area contributed by atoms with E-state index in [1.54, 1.807) is 12.1 Å². The lowest BCUT2D eigenvalue weighted by atomic mass is 10.0. The molecule has 0 amide bonds. The number of hydrogen-bond donors (Lipinski definition) is 1. The topological polar surface area (TPSA) is 71.2 Å². The lowest BCUT2D eigenvalue weighted by molar-refractivity contribution is 0.0697. The molecule has 0 radical (unpaired) electrons. The molecule has 0 atom stereocenters. The first-order chi connectivity index (χ1) is 10.2. The van der Waals surface area contributed by atoms with E-state index in [1.165, 1.54) is 6.42 Å². The molecule has 1 fully saturated rings. The lowest BCUT2D eigenvalue weighted by Crippen LogP contribution is -2.35. The minimum absolute atomic E-state index is 0.257. The Morgan fingerprint density at radius 3 is 2.81 bits per heavy atom. The van der Waals surface area contributed by atoms with Crippen LogP contribution in [-0.2, 0) is 0 Å². The number of piperidine rings is 1. The average molecular weight is 288 g/mol. The molecule has 1 aromatic carbocycles. The fourth-order valence-electron chi connectivity index (χ4n) is 3.05. The van der Waals surface area contributed by atoms with E-state index >= 15 is 0 Å². The Morgan fingerprint density at radius 2 is 2.14 bits per heavy atom. The molecule has 0 bridgehead atoms. The maximum atomic E-state index is 11.0. The van der Waals surface area contributed by atoms with E-state index in [0.717, 1.165) is 38.0 Å². The number of carbonyl (C=O) groups is 1. The zero-order valence-corrected chi connectivity index (χ0v) is 12.2. The van der Waals surface area contributed by atoms with Crippen molar-refractivity contribution >= 4 is 17.0 Å². The second kappa shape index (κ2) is 5.81. The molecule has 112 valence electrons. The minimum atomic E-state index is -0.931. The molecule has 1 N–H and O–H groups in total. The Morgan fingerprint density at radius 1 is 1.38 bits per heavy atom. The molecular weight excluding hydrogens is 268 g/mol. The van der Waals surface area contributed by atoms with Gasteiger partial charge in [0.2, 0.25) is 0 Å². The standard InChI is InChI=1S/C15H20N4O2/c1-2-7-18-8-5-12(6-9-18)19-14-4-3-11(15(20)21)10-13(14)16-17-19/h3-4,10,12H,2,5-9H2,1H3,(H,20,21). The third kappa shape index (κ3) is 2.76. The highest BCUT2D eigenvalue weighted by atomic mass is 16.4. The number of carboxylic acid groups (broad SMARTS) is 1. The summed E-state index contributed by atoms with van der Waals surface area (Å²) < 4.78 is 1.96. The molecule has 1 aliphatic heterocycles. The average Bonchev–Trinajstić information content (AvgIpc) is 2.91. The summed E-state index contributed by atoms with van der Waals surface area (Å²) >= 11 is 0. The van der Waals surface area contributed by atoms with Gasteiger partial charge in [-0.1, -0.05) is 12.1 Å². The highest BCUT2D eigenvalue weighted by Gasteiger charge is 2.22. The molecule has 0 saturated carbocycles. The first-order valence-electron chi connectivity index (χ1n) is 7.49. The Labute approximate surface area is 123 Å². The number of aromatic nitrogens is 3. The molecule has 6 heteroatoms. The number of fused-ring (bicyclic) bond motifs is 1. The van der Waals surface area contributed by atoms with Crippen LogP contribution < -0.4 is 0 Å². The van der Waals surface area contributed by atoms with Gasteiger partial charge in [-0.15, -0.1) is 5.10 Å². The van der Waals surface area contributed by atoms with Gasteiger partial charge in [-0.25, -0.2) is 9.48 Å². The van der Waals surface area contributed by atoms with Gasteiger partial charge in [0.05, 0.1) is 17.1 Å². The van der Waals surface area contributed by atoms with Crippen LogP contribution in [0.3, 0.4) is 0 Å². The molecule has 0 aliphatic carbocycles. The van der Waals surface area contributed by atoms with Crippen LogP contribution in [0.25, 0.3) is 11.0 Å². The first-order valence-corrected chi connectivity index (χ1v) is 7.49. The third-order valence-electron chi connectivity index (χ3n) is 4.16. The molecule has 0 spiro atoms. The molecule has 1 saturated heterocycles. The summed E-state index contributed by atoms with van der Waals surface area (Å²) in [6.07, 6.45) is 3.33.